The van der Waals surface area contributed by atoms with Crippen molar-refractivity contribution in [2.24, 2.45) is 0 Å². The number of benzene rings is 1. The van der Waals surface area contributed by atoms with Crippen molar-refractivity contribution >= 4 is 27.7 Å². The van der Waals surface area contributed by atoms with E-state index in [1.165, 1.54) is 0 Å². The van der Waals surface area contributed by atoms with Gasteiger partial charge in [-0.1, -0.05) is 11.8 Å². The lowest BCUT2D eigenvalue weighted by Gasteiger charge is -2.00. The van der Waals surface area contributed by atoms with Crippen molar-refractivity contribution < 1.29 is 5.11 Å². The molecule has 0 aliphatic carbocycles. The molecule has 0 atom stereocenters. The van der Waals surface area contributed by atoms with E-state index in [-0.39, 0.29) is 5.75 Å². The van der Waals surface area contributed by atoms with Crippen LogP contribution in [-0.4, -0.2) is 10.1 Å². The van der Waals surface area contributed by atoms with Crippen LogP contribution in [0, 0.1) is 0 Å². The highest BCUT2D eigenvalue weighted by Gasteiger charge is 1.98. The topological polar surface area (TPSA) is 33.1 Å². The van der Waals surface area contributed by atoms with E-state index in [0.717, 1.165) is 14.4 Å². The zero-order chi connectivity index (χ0) is 10.7. The molecule has 0 aliphatic heterocycles. The Labute approximate surface area is 100 Å². The average molecular weight is 282 g/mol. The van der Waals surface area contributed by atoms with Crippen LogP contribution in [0.3, 0.4) is 0 Å². The van der Waals surface area contributed by atoms with Crippen LogP contribution in [0.25, 0.3) is 0 Å². The smallest absolute Gasteiger partial charge is 0.115 e. The van der Waals surface area contributed by atoms with Crippen LogP contribution < -0.4 is 0 Å². The Morgan fingerprint density at radius 3 is 2.40 bits per heavy atom. The molecule has 0 radical (unpaired) electrons. The minimum atomic E-state index is 0.281. The Balaban J connectivity index is 2.15. The highest BCUT2D eigenvalue weighted by atomic mass is 79.9. The summed E-state index contributed by atoms with van der Waals surface area (Å²) in [5.41, 5.74) is 0. The van der Waals surface area contributed by atoms with E-state index < -0.39 is 0 Å². The van der Waals surface area contributed by atoms with Crippen molar-refractivity contribution in [1.82, 2.24) is 4.98 Å². The van der Waals surface area contributed by atoms with Gasteiger partial charge in [-0.25, -0.2) is 4.98 Å². The molecule has 1 aromatic carbocycles. The first kappa shape index (κ1) is 10.5. The number of aromatic nitrogens is 1. The summed E-state index contributed by atoms with van der Waals surface area (Å²) >= 11 is 4.90. The number of hydrogen-bond acceptors (Lipinski definition) is 3. The first-order chi connectivity index (χ1) is 7.24. The van der Waals surface area contributed by atoms with Crippen LogP contribution in [-0.2, 0) is 0 Å². The van der Waals surface area contributed by atoms with Crippen molar-refractivity contribution in [2.45, 2.75) is 9.92 Å². The molecular formula is C11H8BrNOS. The summed E-state index contributed by atoms with van der Waals surface area (Å²) in [6.45, 7) is 0. The Hall–Kier alpha value is -1.00. The monoisotopic (exact) mass is 281 g/mol. The molecule has 0 unspecified atom stereocenters. The average Bonchev–Trinajstić information content (AvgIpc) is 2.25. The van der Waals surface area contributed by atoms with E-state index in [9.17, 15) is 0 Å². The van der Waals surface area contributed by atoms with Gasteiger partial charge in [-0.15, -0.1) is 0 Å². The maximum absolute atomic E-state index is 9.13. The zero-order valence-corrected chi connectivity index (χ0v) is 10.1. The van der Waals surface area contributed by atoms with Crippen molar-refractivity contribution in [1.29, 1.82) is 0 Å². The summed E-state index contributed by atoms with van der Waals surface area (Å²) < 4.78 is 0.970. The third kappa shape index (κ3) is 2.97. The second-order valence-electron chi connectivity index (χ2n) is 2.91. The van der Waals surface area contributed by atoms with Gasteiger partial charge in [-0.2, -0.15) is 0 Å². The molecule has 4 heteroatoms. The largest absolute Gasteiger partial charge is 0.508 e. The van der Waals surface area contributed by atoms with Crippen LogP contribution in [0.15, 0.2) is 57.0 Å². The number of pyridine rings is 1. The summed E-state index contributed by atoms with van der Waals surface area (Å²) in [6, 6.07) is 11.0. The quantitative estimate of drug-likeness (QED) is 0.911. The number of aromatic hydroxyl groups is 1. The molecule has 0 bridgehead atoms. The highest BCUT2D eigenvalue weighted by Crippen LogP contribution is 2.27. The lowest BCUT2D eigenvalue weighted by Crippen LogP contribution is -1.78. The fraction of sp³-hybridized carbons (Fsp3) is 0. The summed E-state index contributed by atoms with van der Waals surface area (Å²) in [5, 5.41) is 10.1. The molecule has 0 aliphatic rings. The van der Waals surface area contributed by atoms with Gasteiger partial charge in [0.1, 0.15) is 10.8 Å². The molecule has 1 N–H and O–H groups in total. The number of nitrogens with zero attached hydrogens (tertiary/aromatic N) is 1. The van der Waals surface area contributed by atoms with Gasteiger partial charge in [0.15, 0.2) is 0 Å². The maximum Gasteiger partial charge on any atom is 0.115 e. The second kappa shape index (κ2) is 4.68. The van der Waals surface area contributed by atoms with E-state index >= 15 is 0 Å². The van der Waals surface area contributed by atoms with Gasteiger partial charge in [0.25, 0.3) is 0 Å². The minimum absolute atomic E-state index is 0.281. The molecular weight excluding hydrogens is 274 g/mol. The van der Waals surface area contributed by atoms with E-state index in [4.69, 9.17) is 5.11 Å². The highest BCUT2D eigenvalue weighted by molar-refractivity contribution is 9.10. The molecule has 0 amide bonds. The first-order valence-electron chi connectivity index (χ1n) is 4.32. The molecule has 1 heterocycles. The lowest BCUT2D eigenvalue weighted by molar-refractivity contribution is 0.475. The van der Waals surface area contributed by atoms with E-state index in [0.29, 0.717) is 0 Å². The predicted molar refractivity (Wildman–Crippen MR) is 64.2 cm³/mol. The second-order valence-corrected chi connectivity index (χ2v) is 4.92. The summed E-state index contributed by atoms with van der Waals surface area (Å²) in [6.07, 6.45) is 1.77. The van der Waals surface area contributed by atoms with Crippen molar-refractivity contribution in [3.8, 4) is 5.75 Å². The number of phenolic OH excluding ortho intramolecular Hbond substituents is 1. The summed E-state index contributed by atoms with van der Waals surface area (Å²) in [5.74, 6) is 0.281. The van der Waals surface area contributed by atoms with Gasteiger partial charge < -0.3 is 5.11 Å². The predicted octanol–water partition coefficient (Wildman–Crippen LogP) is 3.70. The van der Waals surface area contributed by atoms with Crippen molar-refractivity contribution in [2.75, 3.05) is 0 Å². The number of halogens is 1. The van der Waals surface area contributed by atoms with Crippen LogP contribution >= 0.6 is 27.7 Å². The fourth-order valence-electron chi connectivity index (χ4n) is 1.06. The molecule has 0 saturated heterocycles. The molecule has 2 rings (SSSR count). The molecule has 0 spiro atoms. The molecule has 2 nitrogen and oxygen atoms in total. The SMILES string of the molecule is Oc1ccc(Sc2ccc(Br)cn2)cc1. The van der Waals surface area contributed by atoms with Gasteiger partial charge >= 0.3 is 0 Å². The van der Waals surface area contributed by atoms with Crippen molar-refractivity contribution in [3.05, 3.63) is 47.1 Å². The van der Waals surface area contributed by atoms with Crippen LogP contribution in [0.1, 0.15) is 0 Å². The van der Waals surface area contributed by atoms with Crippen LogP contribution in [0.4, 0.5) is 0 Å². The third-order valence-electron chi connectivity index (χ3n) is 1.76. The first-order valence-corrected chi connectivity index (χ1v) is 5.93. The molecule has 0 saturated carbocycles. The van der Waals surface area contributed by atoms with Crippen molar-refractivity contribution in [3.63, 3.8) is 0 Å². The zero-order valence-electron chi connectivity index (χ0n) is 7.72. The standard InChI is InChI=1S/C11H8BrNOS/c12-8-1-6-11(13-7-8)15-10-4-2-9(14)3-5-10/h1-7,14H. The van der Waals surface area contributed by atoms with Crippen LogP contribution in [0.5, 0.6) is 5.75 Å². The number of hydrogen-bond donors (Lipinski definition) is 1. The maximum atomic E-state index is 9.13. The van der Waals surface area contributed by atoms with E-state index in [1.54, 1.807) is 30.1 Å². The summed E-state index contributed by atoms with van der Waals surface area (Å²) in [7, 11) is 0. The fourth-order valence-corrected chi connectivity index (χ4v) is 2.05. The number of phenols is 1. The lowest BCUT2D eigenvalue weighted by atomic mass is 10.3. The third-order valence-corrected chi connectivity index (χ3v) is 3.19. The Kier molecular flexibility index (Phi) is 3.28. The number of rotatable bonds is 2. The van der Waals surface area contributed by atoms with Gasteiger partial charge in [-0.05, 0) is 52.3 Å². The molecule has 76 valence electrons. The van der Waals surface area contributed by atoms with Gasteiger partial charge in [0.2, 0.25) is 0 Å². The Morgan fingerprint density at radius 2 is 1.80 bits per heavy atom. The molecule has 1 aromatic heterocycles. The molecule has 15 heavy (non-hydrogen) atoms. The Morgan fingerprint density at radius 1 is 1.07 bits per heavy atom. The summed E-state index contributed by atoms with van der Waals surface area (Å²) in [4.78, 5) is 5.31. The molecule has 2 aromatic rings. The van der Waals surface area contributed by atoms with E-state index in [1.807, 2.05) is 24.3 Å². The van der Waals surface area contributed by atoms with E-state index in [2.05, 4.69) is 20.9 Å². The van der Waals surface area contributed by atoms with Gasteiger partial charge in [0.05, 0.1) is 0 Å². The van der Waals surface area contributed by atoms with Gasteiger partial charge in [-0.3, -0.25) is 0 Å². The Bertz CT molecular complexity index is 398. The normalized spacial score (nSPS) is 10.2. The van der Waals surface area contributed by atoms with Crippen LogP contribution in [0.2, 0.25) is 0 Å². The molecule has 0 fully saturated rings. The van der Waals surface area contributed by atoms with Gasteiger partial charge in [0, 0.05) is 15.6 Å². The minimum Gasteiger partial charge on any atom is -0.508 e.